The number of nitrogens with two attached hydrogens (primary N) is 2. The van der Waals surface area contributed by atoms with Crippen molar-refractivity contribution < 1.29 is 0 Å². The Bertz CT molecular complexity index is 1030. The lowest BCUT2D eigenvalue weighted by atomic mass is 9.89. The van der Waals surface area contributed by atoms with E-state index >= 15 is 0 Å². The average molecular weight is 420 g/mol. The van der Waals surface area contributed by atoms with E-state index in [0.29, 0.717) is 18.4 Å². The molecule has 7 nitrogen and oxygen atoms in total. The Hall–Kier alpha value is -2.48. The molecule has 2 fully saturated rings. The molecule has 1 aliphatic carbocycles. The molecular weight excluding hydrogens is 386 g/mol. The van der Waals surface area contributed by atoms with Crippen LogP contribution in [0.5, 0.6) is 0 Å². The van der Waals surface area contributed by atoms with Gasteiger partial charge in [0, 0.05) is 56.6 Å². The van der Waals surface area contributed by atoms with E-state index in [4.69, 9.17) is 11.5 Å². The number of hydrogen-bond acceptors (Lipinski definition) is 6. The van der Waals surface area contributed by atoms with E-state index in [0.717, 1.165) is 33.8 Å². The number of anilines is 1. The van der Waals surface area contributed by atoms with Gasteiger partial charge in [-0.05, 0) is 43.9 Å². The molecule has 0 atom stereocenters. The first-order valence-electron chi connectivity index (χ1n) is 11.5. The van der Waals surface area contributed by atoms with Gasteiger partial charge in [-0.3, -0.25) is 4.90 Å². The van der Waals surface area contributed by atoms with Gasteiger partial charge in [-0.1, -0.05) is 24.3 Å². The molecule has 3 heterocycles. The Morgan fingerprint density at radius 3 is 2.29 bits per heavy atom. The van der Waals surface area contributed by atoms with E-state index in [-0.39, 0.29) is 0 Å². The maximum atomic E-state index is 6.33. The Balaban J connectivity index is 1.41. The fourth-order valence-electron chi connectivity index (χ4n) is 5.31. The summed E-state index contributed by atoms with van der Waals surface area (Å²) in [7, 11) is 2.22. The van der Waals surface area contributed by atoms with E-state index in [9.17, 15) is 0 Å². The quantitative estimate of drug-likeness (QED) is 0.676. The van der Waals surface area contributed by atoms with Crippen LogP contribution in [-0.2, 0) is 6.54 Å². The second kappa shape index (κ2) is 8.57. The molecule has 2 aromatic heterocycles. The fraction of sp³-hybridized carbons (Fsp3) is 0.500. The number of nitrogens with zero attached hydrogens (tertiary/aromatic N) is 5. The van der Waals surface area contributed by atoms with Gasteiger partial charge in [-0.25, -0.2) is 9.97 Å². The summed E-state index contributed by atoms with van der Waals surface area (Å²) in [4.78, 5) is 14.1. The zero-order valence-electron chi connectivity index (χ0n) is 18.4. The van der Waals surface area contributed by atoms with Crippen molar-refractivity contribution in [2.24, 2.45) is 5.73 Å². The fourth-order valence-corrected chi connectivity index (χ4v) is 5.31. The first-order valence-corrected chi connectivity index (χ1v) is 11.5. The molecule has 31 heavy (non-hydrogen) atoms. The lowest BCUT2D eigenvalue weighted by Crippen LogP contribution is -2.49. The molecule has 5 rings (SSSR count). The van der Waals surface area contributed by atoms with Crippen molar-refractivity contribution in [3.63, 3.8) is 0 Å². The van der Waals surface area contributed by atoms with Gasteiger partial charge in [-0.2, -0.15) is 0 Å². The molecule has 1 aliphatic heterocycles. The Kier molecular flexibility index (Phi) is 5.65. The number of hydrogen-bond donors (Lipinski definition) is 2. The van der Waals surface area contributed by atoms with Gasteiger partial charge < -0.3 is 20.9 Å². The van der Waals surface area contributed by atoms with Crippen molar-refractivity contribution in [3.05, 3.63) is 42.4 Å². The molecule has 0 radical (unpaired) electrons. The van der Waals surface area contributed by atoms with Crippen LogP contribution in [0.15, 0.2) is 36.8 Å². The van der Waals surface area contributed by atoms with Crippen LogP contribution in [0.2, 0.25) is 0 Å². The third kappa shape index (κ3) is 3.93. The lowest BCUT2D eigenvalue weighted by Gasteiger charge is -2.41. The third-order valence-electron chi connectivity index (χ3n) is 7.25. The first kappa shape index (κ1) is 20.4. The van der Waals surface area contributed by atoms with Crippen LogP contribution in [0.3, 0.4) is 0 Å². The standard InChI is InChI=1S/C24H33N7/c1-29-10-12-30(13-11-29)19-6-8-20(9-7-19)31-15-21(18-4-2-17(14-25)3-5-18)22-23(26)27-16-28-24(22)31/h2-5,15-16,19-20H,6-14,25H2,1H3,(H2,26,27,28)/t19-,20+. The van der Waals surface area contributed by atoms with Crippen LogP contribution in [0, 0.1) is 0 Å². The zero-order valence-corrected chi connectivity index (χ0v) is 18.4. The highest BCUT2D eigenvalue weighted by Crippen LogP contribution is 2.39. The smallest absolute Gasteiger partial charge is 0.146 e. The maximum absolute atomic E-state index is 6.33. The molecule has 0 spiro atoms. The van der Waals surface area contributed by atoms with Crippen molar-refractivity contribution in [1.29, 1.82) is 0 Å². The topological polar surface area (TPSA) is 89.2 Å². The summed E-state index contributed by atoms with van der Waals surface area (Å²) in [5, 5.41) is 0.962. The summed E-state index contributed by atoms with van der Waals surface area (Å²) in [5.74, 6) is 0.549. The van der Waals surface area contributed by atoms with Crippen molar-refractivity contribution in [2.45, 2.75) is 44.3 Å². The summed E-state index contributed by atoms with van der Waals surface area (Å²) >= 11 is 0. The largest absolute Gasteiger partial charge is 0.383 e. The third-order valence-corrected chi connectivity index (χ3v) is 7.25. The molecule has 7 heteroatoms. The normalized spacial score (nSPS) is 23.4. The van der Waals surface area contributed by atoms with Crippen LogP contribution in [-0.4, -0.2) is 63.6 Å². The first-order chi connectivity index (χ1) is 15.1. The minimum atomic E-state index is 0.456. The zero-order chi connectivity index (χ0) is 21.4. The van der Waals surface area contributed by atoms with Gasteiger partial charge in [0.15, 0.2) is 0 Å². The van der Waals surface area contributed by atoms with E-state index in [1.807, 2.05) is 0 Å². The highest BCUT2D eigenvalue weighted by molar-refractivity contribution is 6.00. The lowest BCUT2D eigenvalue weighted by molar-refractivity contribution is 0.0828. The highest BCUT2D eigenvalue weighted by Gasteiger charge is 2.29. The molecule has 3 aromatic rings. The summed E-state index contributed by atoms with van der Waals surface area (Å²) < 4.78 is 2.36. The SMILES string of the molecule is CN1CCN([C@H]2CC[C@@H](n3cc(-c4ccc(CN)cc4)c4c(N)ncnc43)CC2)CC1. The molecule has 0 amide bonds. The van der Waals surface area contributed by atoms with E-state index in [1.165, 1.54) is 51.9 Å². The Labute approximate surface area is 184 Å². The number of nitrogen functional groups attached to an aromatic ring is 1. The van der Waals surface area contributed by atoms with Crippen LogP contribution < -0.4 is 11.5 Å². The van der Waals surface area contributed by atoms with Gasteiger partial charge in [0.05, 0.1) is 5.39 Å². The molecular formula is C24H33N7. The molecule has 1 saturated heterocycles. The molecule has 164 valence electrons. The summed E-state index contributed by atoms with van der Waals surface area (Å²) in [6, 6.07) is 9.59. The van der Waals surface area contributed by atoms with Gasteiger partial charge >= 0.3 is 0 Å². The van der Waals surface area contributed by atoms with Crippen LogP contribution >= 0.6 is 0 Å². The van der Waals surface area contributed by atoms with Gasteiger partial charge in [0.1, 0.15) is 17.8 Å². The number of benzene rings is 1. The van der Waals surface area contributed by atoms with Gasteiger partial charge in [-0.15, -0.1) is 0 Å². The molecule has 1 aromatic carbocycles. The monoisotopic (exact) mass is 419 g/mol. The number of aromatic nitrogens is 3. The predicted octanol–water partition coefficient (Wildman–Crippen LogP) is 2.87. The van der Waals surface area contributed by atoms with Crippen molar-refractivity contribution >= 4 is 16.9 Å². The van der Waals surface area contributed by atoms with Crippen LogP contribution in [0.1, 0.15) is 37.3 Å². The number of fused-ring (bicyclic) bond motifs is 1. The van der Waals surface area contributed by atoms with Crippen molar-refractivity contribution in [3.8, 4) is 11.1 Å². The maximum Gasteiger partial charge on any atom is 0.146 e. The summed E-state index contributed by atoms with van der Waals surface area (Å²) in [6.07, 6.45) is 8.68. The molecule has 0 bridgehead atoms. The Morgan fingerprint density at radius 1 is 0.935 bits per heavy atom. The summed E-state index contributed by atoms with van der Waals surface area (Å²) in [5.41, 5.74) is 16.4. The second-order valence-electron chi connectivity index (χ2n) is 9.11. The minimum absolute atomic E-state index is 0.456. The van der Waals surface area contributed by atoms with E-state index < -0.39 is 0 Å². The highest BCUT2D eigenvalue weighted by atomic mass is 15.3. The number of likely N-dealkylation sites (N-methyl/N-ethyl adjacent to an activating group) is 1. The average Bonchev–Trinajstić information content (AvgIpc) is 3.21. The van der Waals surface area contributed by atoms with Gasteiger partial charge in [0.25, 0.3) is 0 Å². The van der Waals surface area contributed by atoms with Crippen molar-refractivity contribution in [2.75, 3.05) is 39.0 Å². The minimum Gasteiger partial charge on any atom is -0.383 e. The van der Waals surface area contributed by atoms with Crippen molar-refractivity contribution in [1.82, 2.24) is 24.3 Å². The van der Waals surface area contributed by atoms with E-state index in [1.54, 1.807) is 6.33 Å². The molecule has 0 unspecified atom stereocenters. The Morgan fingerprint density at radius 2 is 1.61 bits per heavy atom. The summed E-state index contributed by atoms with van der Waals surface area (Å²) in [6.45, 7) is 5.31. The molecule has 1 saturated carbocycles. The van der Waals surface area contributed by atoms with E-state index in [2.05, 4.69) is 61.8 Å². The predicted molar refractivity (Wildman–Crippen MR) is 126 cm³/mol. The number of rotatable bonds is 4. The number of piperazine rings is 1. The van der Waals surface area contributed by atoms with Crippen LogP contribution in [0.25, 0.3) is 22.2 Å². The molecule has 2 aliphatic rings. The van der Waals surface area contributed by atoms with Crippen LogP contribution in [0.4, 0.5) is 5.82 Å². The molecule has 4 N–H and O–H groups in total. The van der Waals surface area contributed by atoms with Gasteiger partial charge in [0.2, 0.25) is 0 Å². The second-order valence-corrected chi connectivity index (χ2v) is 9.11.